The Labute approximate surface area is 115 Å². The van der Waals surface area contributed by atoms with Crippen molar-refractivity contribution in [1.29, 1.82) is 0 Å². The van der Waals surface area contributed by atoms with Crippen LogP contribution in [-0.2, 0) is 10.0 Å². The topological polar surface area (TPSA) is 72.6 Å². The molecule has 0 radical (unpaired) electrons. The molecule has 1 aromatic carbocycles. The molecule has 0 saturated heterocycles. The fourth-order valence-corrected chi connectivity index (χ4v) is 2.64. The molecule has 5 nitrogen and oxygen atoms in total. The van der Waals surface area contributed by atoms with Crippen LogP contribution in [0.25, 0.3) is 0 Å². The fourth-order valence-electron chi connectivity index (χ4n) is 1.79. The Morgan fingerprint density at radius 1 is 1.21 bits per heavy atom. The van der Waals surface area contributed by atoms with Gasteiger partial charge in [-0.05, 0) is 57.6 Å². The summed E-state index contributed by atoms with van der Waals surface area (Å²) in [5.74, 6) is 0.712. The van der Waals surface area contributed by atoms with E-state index < -0.39 is 10.0 Å². The highest BCUT2D eigenvalue weighted by Crippen LogP contribution is 2.25. The minimum Gasteiger partial charge on any atom is -0.493 e. The Bertz CT molecular complexity index is 539. The first-order valence-electron chi connectivity index (χ1n) is 6.13. The van der Waals surface area contributed by atoms with Crippen molar-refractivity contribution in [1.82, 2.24) is 4.90 Å². The quantitative estimate of drug-likeness (QED) is 0.800. The predicted molar refractivity (Wildman–Crippen MR) is 76.0 cm³/mol. The van der Waals surface area contributed by atoms with Crippen molar-refractivity contribution >= 4 is 10.0 Å². The molecule has 0 saturated carbocycles. The highest BCUT2D eigenvalue weighted by molar-refractivity contribution is 7.89. The van der Waals surface area contributed by atoms with Crippen LogP contribution in [-0.4, -0.2) is 40.6 Å². The van der Waals surface area contributed by atoms with Crippen LogP contribution in [0.15, 0.2) is 17.0 Å². The number of benzene rings is 1. The zero-order valence-corrected chi connectivity index (χ0v) is 12.8. The van der Waals surface area contributed by atoms with Gasteiger partial charge < -0.3 is 9.64 Å². The van der Waals surface area contributed by atoms with Gasteiger partial charge in [0.2, 0.25) is 10.0 Å². The van der Waals surface area contributed by atoms with Crippen LogP contribution < -0.4 is 9.88 Å². The maximum Gasteiger partial charge on any atom is 0.238 e. The van der Waals surface area contributed by atoms with E-state index in [1.165, 1.54) is 0 Å². The standard InChI is InChI=1S/C13H22N2O3S/c1-10-9-13(19(14,16)17)11(2)8-12(10)18-7-5-6-15(3)4/h8-9H,5-7H2,1-4H3,(H2,14,16,17). The molecule has 0 aliphatic rings. The van der Waals surface area contributed by atoms with Gasteiger partial charge in [0.05, 0.1) is 11.5 Å². The summed E-state index contributed by atoms with van der Waals surface area (Å²) in [4.78, 5) is 2.25. The molecule has 0 amide bonds. The van der Waals surface area contributed by atoms with Crippen LogP contribution in [0.3, 0.4) is 0 Å². The fraction of sp³-hybridized carbons (Fsp3) is 0.538. The molecule has 0 fully saturated rings. The Kier molecular flexibility index (Phi) is 5.34. The number of hydrogen-bond acceptors (Lipinski definition) is 4. The lowest BCUT2D eigenvalue weighted by Gasteiger charge is -2.14. The number of nitrogens with zero attached hydrogens (tertiary/aromatic N) is 1. The van der Waals surface area contributed by atoms with Crippen LogP contribution >= 0.6 is 0 Å². The summed E-state index contributed by atoms with van der Waals surface area (Å²) in [6.07, 6.45) is 0.919. The predicted octanol–water partition coefficient (Wildman–Crippen LogP) is 1.28. The van der Waals surface area contributed by atoms with E-state index in [-0.39, 0.29) is 4.90 Å². The largest absolute Gasteiger partial charge is 0.493 e. The molecule has 0 aromatic heterocycles. The summed E-state index contributed by atoms with van der Waals surface area (Å²) in [6, 6.07) is 3.29. The van der Waals surface area contributed by atoms with Crippen molar-refractivity contribution in [2.45, 2.75) is 25.2 Å². The zero-order valence-electron chi connectivity index (χ0n) is 11.9. The van der Waals surface area contributed by atoms with E-state index >= 15 is 0 Å². The average Bonchev–Trinajstić information content (AvgIpc) is 2.26. The van der Waals surface area contributed by atoms with Gasteiger partial charge in [-0.25, -0.2) is 13.6 Å². The van der Waals surface area contributed by atoms with Crippen molar-refractivity contribution in [2.75, 3.05) is 27.2 Å². The van der Waals surface area contributed by atoms with Crippen molar-refractivity contribution in [3.63, 3.8) is 0 Å². The minimum absolute atomic E-state index is 0.158. The summed E-state index contributed by atoms with van der Waals surface area (Å²) < 4.78 is 28.4. The van der Waals surface area contributed by atoms with Crippen molar-refractivity contribution in [3.05, 3.63) is 23.3 Å². The first-order valence-corrected chi connectivity index (χ1v) is 7.68. The van der Waals surface area contributed by atoms with Gasteiger partial charge in [0.15, 0.2) is 0 Å². The van der Waals surface area contributed by atoms with E-state index in [2.05, 4.69) is 4.90 Å². The Hall–Kier alpha value is -1.11. The number of sulfonamides is 1. The molecular formula is C13H22N2O3S. The van der Waals surface area contributed by atoms with E-state index in [1.807, 2.05) is 21.0 Å². The lowest BCUT2D eigenvalue weighted by Crippen LogP contribution is -2.16. The summed E-state index contributed by atoms with van der Waals surface area (Å²) in [5, 5.41) is 5.16. The summed E-state index contributed by atoms with van der Waals surface area (Å²) in [5.41, 5.74) is 1.38. The van der Waals surface area contributed by atoms with Crippen molar-refractivity contribution in [2.24, 2.45) is 5.14 Å². The third-order valence-corrected chi connectivity index (χ3v) is 3.84. The molecule has 1 aromatic rings. The van der Waals surface area contributed by atoms with Crippen molar-refractivity contribution in [3.8, 4) is 5.75 Å². The van der Waals surface area contributed by atoms with Gasteiger partial charge in [0.1, 0.15) is 5.75 Å². The van der Waals surface area contributed by atoms with Gasteiger partial charge in [-0.1, -0.05) is 0 Å². The second kappa shape index (κ2) is 6.36. The zero-order chi connectivity index (χ0) is 14.6. The highest BCUT2D eigenvalue weighted by atomic mass is 32.2. The second-order valence-corrected chi connectivity index (χ2v) is 6.46. The molecular weight excluding hydrogens is 264 g/mol. The van der Waals surface area contributed by atoms with Gasteiger partial charge in [-0.2, -0.15) is 0 Å². The number of nitrogens with two attached hydrogens (primary N) is 1. The molecule has 19 heavy (non-hydrogen) atoms. The van der Waals surface area contributed by atoms with Gasteiger partial charge in [-0.3, -0.25) is 0 Å². The first kappa shape index (κ1) is 15.9. The SMILES string of the molecule is Cc1cc(S(N)(=O)=O)c(C)cc1OCCCN(C)C. The molecule has 1 rings (SSSR count). The Morgan fingerprint density at radius 2 is 1.84 bits per heavy atom. The normalized spacial score (nSPS) is 11.9. The lowest BCUT2D eigenvalue weighted by molar-refractivity contribution is 0.280. The number of hydrogen-bond donors (Lipinski definition) is 1. The highest BCUT2D eigenvalue weighted by Gasteiger charge is 2.14. The molecule has 0 atom stereocenters. The second-order valence-electron chi connectivity index (χ2n) is 4.93. The maximum absolute atomic E-state index is 11.4. The van der Waals surface area contributed by atoms with Gasteiger partial charge in [-0.15, -0.1) is 0 Å². The third kappa shape index (κ3) is 4.81. The molecule has 0 spiro atoms. The first-order chi connectivity index (χ1) is 8.71. The summed E-state index contributed by atoms with van der Waals surface area (Å²) in [7, 11) is 0.349. The molecule has 0 unspecified atom stereocenters. The molecule has 2 N–H and O–H groups in total. The molecule has 6 heteroatoms. The lowest BCUT2D eigenvalue weighted by atomic mass is 10.1. The van der Waals surface area contributed by atoms with Gasteiger partial charge in [0.25, 0.3) is 0 Å². The Morgan fingerprint density at radius 3 is 2.37 bits per heavy atom. The number of ether oxygens (including phenoxy) is 1. The van der Waals surface area contributed by atoms with Crippen LogP contribution in [0.1, 0.15) is 17.5 Å². The van der Waals surface area contributed by atoms with Crippen LogP contribution in [0.2, 0.25) is 0 Å². The van der Waals surface area contributed by atoms with E-state index in [9.17, 15) is 8.42 Å². The van der Waals surface area contributed by atoms with E-state index in [4.69, 9.17) is 9.88 Å². The molecule has 108 valence electrons. The Balaban J connectivity index is 2.80. The summed E-state index contributed by atoms with van der Waals surface area (Å²) >= 11 is 0. The number of primary sulfonamides is 1. The van der Waals surface area contributed by atoms with Gasteiger partial charge in [0, 0.05) is 6.54 Å². The van der Waals surface area contributed by atoms with Crippen LogP contribution in [0.5, 0.6) is 5.75 Å². The smallest absolute Gasteiger partial charge is 0.238 e. The summed E-state index contributed by atoms with van der Waals surface area (Å²) in [6.45, 7) is 5.09. The van der Waals surface area contributed by atoms with Crippen LogP contribution in [0, 0.1) is 13.8 Å². The molecule has 0 aliphatic carbocycles. The van der Waals surface area contributed by atoms with E-state index in [0.717, 1.165) is 18.5 Å². The molecule has 0 aliphatic heterocycles. The van der Waals surface area contributed by atoms with Crippen LogP contribution in [0.4, 0.5) is 0 Å². The van der Waals surface area contributed by atoms with E-state index in [0.29, 0.717) is 17.9 Å². The van der Waals surface area contributed by atoms with Crippen molar-refractivity contribution < 1.29 is 13.2 Å². The monoisotopic (exact) mass is 286 g/mol. The number of aryl methyl sites for hydroxylation is 2. The third-order valence-electron chi connectivity index (χ3n) is 2.79. The average molecular weight is 286 g/mol. The molecule has 0 bridgehead atoms. The maximum atomic E-state index is 11.4. The number of rotatable bonds is 6. The molecule has 0 heterocycles. The van der Waals surface area contributed by atoms with Gasteiger partial charge >= 0.3 is 0 Å². The van der Waals surface area contributed by atoms with E-state index in [1.54, 1.807) is 19.1 Å². The minimum atomic E-state index is -3.67.